The van der Waals surface area contributed by atoms with Crippen molar-refractivity contribution in [2.24, 2.45) is 23.2 Å². The van der Waals surface area contributed by atoms with Crippen LogP contribution < -0.4 is 5.32 Å². The average molecular weight is 287 g/mol. The van der Waals surface area contributed by atoms with Gasteiger partial charge in [-0.3, -0.25) is 0 Å². The number of nitrogens with one attached hydrogen (secondary N) is 1. The van der Waals surface area contributed by atoms with E-state index in [4.69, 9.17) is 0 Å². The van der Waals surface area contributed by atoms with E-state index in [0.717, 1.165) is 29.0 Å². The van der Waals surface area contributed by atoms with Crippen molar-refractivity contribution < 1.29 is 4.39 Å². The topological polar surface area (TPSA) is 12.0 Å². The van der Waals surface area contributed by atoms with Crippen LogP contribution in [0.5, 0.6) is 0 Å². The van der Waals surface area contributed by atoms with E-state index in [1.807, 2.05) is 6.07 Å². The van der Waals surface area contributed by atoms with Crippen LogP contribution in [0.2, 0.25) is 0 Å². The molecule has 4 aliphatic rings. The number of anilines is 1. The van der Waals surface area contributed by atoms with E-state index in [9.17, 15) is 4.39 Å². The van der Waals surface area contributed by atoms with Gasteiger partial charge in [0.05, 0.1) is 0 Å². The average Bonchev–Trinajstić information content (AvgIpc) is 2.41. The van der Waals surface area contributed by atoms with E-state index in [0.29, 0.717) is 11.5 Å². The van der Waals surface area contributed by atoms with E-state index in [-0.39, 0.29) is 5.82 Å². The molecule has 0 aromatic heterocycles. The third kappa shape index (κ3) is 2.27. The predicted molar refractivity (Wildman–Crippen MR) is 84.8 cm³/mol. The molecule has 1 aromatic rings. The first-order valence-corrected chi connectivity index (χ1v) is 8.57. The summed E-state index contributed by atoms with van der Waals surface area (Å²) < 4.78 is 13.5. The minimum atomic E-state index is -0.138. The fourth-order valence-electron chi connectivity index (χ4n) is 5.84. The Morgan fingerprint density at radius 1 is 1.10 bits per heavy atom. The highest BCUT2D eigenvalue weighted by atomic mass is 19.1. The first-order chi connectivity index (χ1) is 10.0. The van der Waals surface area contributed by atoms with Gasteiger partial charge in [-0.25, -0.2) is 4.39 Å². The molecule has 1 aromatic carbocycles. The lowest BCUT2D eigenvalue weighted by Crippen LogP contribution is -2.52. The third-order valence-corrected chi connectivity index (χ3v) is 6.58. The summed E-state index contributed by atoms with van der Waals surface area (Å²) in [5.74, 6) is 2.76. The molecule has 1 unspecified atom stereocenters. The Bertz CT molecular complexity index is 515. The smallest absolute Gasteiger partial charge is 0.125 e. The summed E-state index contributed by atoms with van der Waals surface area (Å²) in [6, 6.07) is 5.54. The van der Waals surface area contributed by atoms with Crippen LogP contribution in [0, 0.1) is 35.9 Å². The third-order valence-electron chi connectivity index (χ3n) is 6.58. The Balaban J connectivity index is 1.57. The van der Waals surface area contributed by atoms with Crippen molar-refractivity contribution in [3.63, 3.8) is 0 Å². The molecular weight excluding hydrogens is 261 g/mol. The molecule has 1 nitrogen and oxygen atoms in total. The fourth-order valence-corrected chi connectivity index (χ4v) is 5.84. The van der Waals surface area contributed by atoms with Crippen LogP contribution in [0.25, 0.3) is 0 Å². The first kappa shape index (κ1) is 13.6. The van der Waals surface area contributed by atoms with Crippen LogP contribution in [0.15, 0.2) is 18.2 Å². The molecule has 0 radical (unpaired) electrons. The second-order valence-corrected chi connectivity index (χ2v) is 8.11. The van der Waals surface area contributed by atoms with Crippen LogP contribution in [0.1, 0.15) is 51.0 Å². The van der Waals surface area contributed by atoms with Crippen molar-refractivity contribution in [2.75, 3.05) is 5.32 Å². The van der Waals surface area contributed by atoms with E-state index < -0.39 is 0 Å². The molecule has 21 heavy (non-hydrogen) atoms. The maximum Gasteiger partial charge on any atom is 0.125 e. The standard InChI is InChI=1S/C19H26FN/c1-12-3-4-17(20)8-18(12)21-13(2)19-9-14-5-15(10-19)7-16(6-14)11-19/h3-4,8,13-16,21H,5-7,9-11H2,1-2H3. The summed E-state index contributed by atoms with van der Waals surface area (Å²) in [5, 5.41) is 3.67. The Kier molecular flexibility index (Phi) is 3.06. The van der Waals surface area contributed by atoms with Gasteiger partial charge in [0.1, 0.15) is 5.82 Å². The molecule has 0 amide bonds. The molecule has 1 N–H and O–H groups in total. The van der Waals surface area contributed by atoms with Crippen molar-refractivity contribution in [2.45, 2.75) is 58.4 Å². The lowest BCUT2D eigenvalue weighted by Gasteiger charge is -2.59. The quantitative estimate of drug-likeness (QED) is 0.810. The molecule has 0 spiro atoms. The second-order valence-electron chi connectivity index (χ2n) is 8.11. The molecule has 4 aliphatic carbocycles. The molecule has 2 heteroatoms. The Morgan fingerprint density at radius 3 is 2.24 bits per heavy atom. The number of halogens is 1. The number of hydrogen-bond donors (Lipinski definition) is 1. The molecular formula is C19H26FN. The van der Waals surface area contributed by atoms with Crippen molar-refractivity contribution in [3.8, 4) is 0 Å². The van der Waals surface area contributed by atoms with E-state index in [1.54, 1.807) is 12.1 Å². The van der Waals surface area contributed by atoms with Gasteiger partial charge in [-0.05, 0) is 93.2 Å². The molecule has 4 fully saturated rings. The summed E-state index contributed by atoms with van der Waals surface area (Å²) >= 11 is 0. The summed E-state index contributed by atoms with van der Waals surface area (Å²) in [5.41, 5.74) is 2.60. The number of hydrogen-bond acceptors (Lipinski definition) is 1. The number of benzene rings is 1. The van der Waals surface area contributed by atoms with Gasteiger partial charge in [-0.2, -0.15) is 0 Å². The van der Waals surface area contributed by atoms with E-state index in [2.05, 4.69) is 19.2 Å². The maximum atomic E-state index is 13.5. The molecule has 0 aliphatic heterocycles. The molecule has 0 saturated heterocycles. The van der Waals surface area contributed by atoms with Crippen molar-refractivity contribution in [1.29, 1.82) is 0 Å². The predicted octanol–water partition coefficient (Wildman–Crippen LogP) is 5.15. The van der Waals surface area contributed by atoms with Crippen molar-refractivity contribution in [1.82, 2.24) is 0 Å². The Hall–Kier alpha value is -1.05. The highest BCUT2D eigenvalue weighted by Gasteiger charge is 2.53. The molecule has 4 bridgehead atoms. The van der Waals surface area contributed by atoms with Crippen molar-refractivity contribution >= 4 is 5.69 Å². The van der Waals surface area contributed by atoms with E-state index in [1.165, 1.54) is 38.5 Å². The summed E-state index contributed by atoms with van der Waals surface area (Å²) in [4.78, 5) is 0. The van der Waals surface area contributed by atoms with Crippen LogP contribution in [0.4, 0.5) is 10.1 Å². The SMILES string of the molecule is Cc1ccc(F)cc1NC(C)C12CC3CC(CC(C3)C1)C2. The van der Waals surface area contributed by atoms with Gasteiger partial charge in [-0.1, -0.05) is 6.07 Å². The normalized spacial score (nSPS) is 38.5. The van der Waals surface area contributed by atoms with Crippen LogP contribution in [-0.4, -0.2) is 6.04 Å². The minimum Gasteiger partial charge on any atom is -0.382 e. The monoisotopic (exact) mass is 287 g/mol. The first-order valence-electron chi connectivity index (χ1n) is 8.57. The Labute approximate surface area is 127 Å². The van der Waals surface area contributed by atoms with Gasteiger partial charge in [0.15, 0.2) is 0 Å². The summed E-state index contributed by atoms with van der Waals surface area (Å²) in [6.45, 7) is 4.39. The van der Waals surface area contributed by atoms with Crippen LogP contribution in [-0.2, 0) is 0 Å². The van der Waals surface area contributed by atoms with Gasteiger partial charge >= 0.3 is 0 Å². The molecule has 114 valence electrons. The van der Waals surface area contributed by atoms with Crippen molar-refractivity contribution in [3.05, 3.63) is 29.6 Å². The molecule has 0 heterocycles. The van der Waals surface area contributed by atoms with Crippen LogP contribution >= 0.6 is 0 Å². The fraction of sp³-hybridized carbons (Fsp3) is 0.684. The van der Waals surface area contributed by atoms with Gasteiger partial charge in [0, 0.05) is 11.7 Å². The maximum absolute atomic E-state index is 13.5. The summed E-state index contributed by atoms with van der Waals surface area (Å²) in [6.07, 6.45) is 8.60. The van der Waals surface area contributed by atoms with Gasteiger partial charge in [-0.15, -0.1) is 0 Å². The lowest BCUT2D eigenvalue weighted by molar-refractivity contribution is -0.0602. The molecule has 1 atom stereocenters. The Morgan fingerprint density at radius 2 is 1.67 bits per heavy atom. The highest BCUT2D eigenvalue weighted by Crippen LogP contribution is 2.61. The molecule has 4 saturated carbocycles. The van der Waals surface area contributed by atoms with Crippen LogP contribution in [0.3, 0.4) is 0 Å². The zero-order valence-corrected chi connectivity index (χ0v) is 13.2. The lowest BCUT2D eigenvalue weighted by atomic mass is 9.48. The van der Waals surface area contributed by atoms with Gasteiger partial charge < -0.3 is 5.32 Å². The van der Waals surface area contributed by atoms with Gasteiger partial charge in [0.25, 0.3) is 0 Å². The number of aryl methyl sites for hydroxylation is 1. The van der Waals surface area contributed by atoms with E-state index >= 15 is 0 Å². The zero-order chi connectivity index (χ0) is 14.6. The second kappa shape index (κ2) is 4.72. The minimum absolute atomic E-state index is 0.138. The van der Waals surface area contributed by atoms with Gasteiger partial charge in [0.2, 0.25) is 0 Å². The highest BCUT2D eigenvalue weighted by molar-refractivity contribution is 5.51. The largest absolute Gasteiger partial charge is 0.382 e. The summed E-state index contributed by atoms with van der Waals surface area (Å²) in [7, 11) is 0. The number of rotatable bonds is 3. The zero-order valence-electron chi connectivity index (χ0n) is 13.2. The molecule has 5 rings (SSSR count).